The van der Waals surface area contributed by atoms with Crippen LogP contribution >= 0.6 is 12.4 Å². The number of aromatic nitrogens is 3. The van der Waals surface area contributed by atoms with Gasteiger partial charge in [0.25, 0.3) is 0 Å². The monoisotopic (exact) mass is 424 g/mol. The van der Waals surface area contributed by atoms with E-state index in [1.807, 2.05) is 7.11 Å². The van der Waals surface area contributed by atoms with Crippen LogP contribution in [0, 0.1) is 0 Å². The van der Waals surface area contributed by atoms with Gasteiger partial charge in [0.1, 0.15) is 5.82 Å². The highest BCUT2D eigenvalue weighted by Gasteiger charge is 2.50. The van der Waals surface area contributed by atoms with Crippen LogP contribution in [0.4, 0.5) is 5.95 Å². The Hall–Kier alpha value is -2.37. The van der Waals surface area contributed by atoms with E-state index in [0.717, 1.165) is 50.5 Å². The molecule has 0 unspecified atom stereocenters. The van der Waals surface area contributed by atoms with Crippen LogP contribution in [-0.2, 0) is 22.8 Å². The Labute approximate surface area is 184 Å². The van der Waals surface area contributed by atoms with Crippen molar-refractivity contribution >= 4 is 18.4 Å². The minimum Gasteiger partial charge on any atom is -0.373 e. The topological polar surface area (TPSA) is 43.2 Å². The fourth-order valence-electron chi connectivity index (χ4n) is 4.96. The van der Waals surface area contributed by atoms with Crippen molar-refractivity contribution in [1.82, 2.24) is 14.8 Å². The van der Waals surface area contributed by atoms with E-state index in [-0.39, 0.29) is 23.4 Å². The fraction of sp³-hybridized carbons (Fsp3) is 0.417. The van der Waals surface area contributed by atoms with Gasteiger partial charge in [-0.05, 0) is 36.8 Å². The Morgan fingerprint density at radius 2 is 1.37 bits per heavy atom. The van der Waals surface area contributed by atoms with Gasteiger partial charge in [0, 0.05) is 27.2 Å². The molecule has 2 fully saturated rings. The molecule has 2 heterocycles. The van der Waals surface area contributed by atoms with E-state index in [1.165, 1.54) is 11.1 Å². The summed E-state index contributed by atoms with van der Waals surface area (Å²) in [7, 11) is 3.95. The number of piperidine rings is 1. The Morgan fingerprint density at radius 3 is 1.90 bits per heavy atom. The maximum Gasteiger partial charge on any atom is 0.226 e. The van der Waals surface area contributed by atoms with Gasteiger partial charge in [-0.1, -0.05) is 60.7 Å². The minimum atomic E-state index is -0.207. The second-order valence-corrected chi connectivity index (χ2v) is 8.38. The highest BCUT2D eigenvalue weighted by molar-refractivity contribution is 5.85. The highest BCUT2D eigenvalue weighted by atomic mass is 35.5. The molecule has 1 saturated carbocycles. The summed E-state index contributed by atoms with van der Waals surface area (Å²) in [4.78, 5) is 2.36. The number of hydrogen-bond acceptors (Lipinski definition) is 4. The molecular formula is C24H29ClN4O. The summed E-state index contributed by atoms with van der Waals surface area (Å²) in [6, 6.07) is 21.3. The number of halogens is 1. The molecule has 0 amide bonds. The standard InChI is InChI=1S/C24H28N4O.ClH/c1-27-21(23(13-14-23)19-9-5-3-6-10-19)25-26-22(27)28-17-15-24(29-2,16-18-28)20-11-7-4-8-12-20;/h3-12H,13-18H2,1-2H3;1H. The second kappa shape index (κ2) is 8.05. The first-order chi connectivity index (χ1) is 14.2. The summed E-state index contributed by atoms with van der Waals surface area (Å²) < 4.78 is 8.25. The van der Waals surface area contributed by atoms with Crippen molar-refractivity contribution in [3.63, 3.8) is 0 Å². The van der Waals surface area contributed by atoms with Crippen LogP contribution in [0.1, 0.15) is 42.6 Å². The van der Waals surface area contributed by atoms with Crippen LogP contribution in [0.5, 0.6) is 0 Å². The number of anilines is 1. The number of ether oxygens (including phenoxy) is 1. The van der Waals surface area contributed by atoms with E-state index >= 15 is 0 Å². The van der Waals surface area contributed by atoms with E-state index in [4.69, 9.17) is 4.74 Å². The first kappa shape index (κ1) is 20.9. The molecule has 0 spiro atoms. The average Bonchev–Trinajstić information content (AvgIpc) is 3.51. The Morgan fingerprint density at radius 1 is 0.800 bits per heavy atom. The third-order valence-electron chi connectivity index (χ3n) is 6.90. The van der Waals surface area contributed by atoms with Crippen LogP contribution < -0.4 is 4.90 Å². The predicted molar refractivity (Wildman–Crippen MR) is 121 cm³/mol. The highest BCUT2D eigenvalue weighted by Crippen LogP contribution is 2.53. The van der Waals surface area contributed by atoms with Crippen molar-refractivity contribution in [3.05, 3.63) is 77.6 Å². The molecule has 158 valence electrons. The molecular weight excluding hydrogens is 396 g/mol. The largest absolute Gasteiger partial charge is 0.373 e. The van der Waals surface area contributed by atoms with Gasteiger partial charge in [0.15, 0.2) is 0 Å². The Bertz CT molecular complexity index is 977. The van der Waals surface area contributed by atoms with E-state index in [9.17, 15) is 0 Å². The van der Waals surface area contributed by atoms with Gasteiger partial charge in [-0.25, -0.2) is 0 Å². The fourth-order valence-corrected chi connectivity index (χ4v) is 4.96. The lowest BCUT2D eigenvalue weighted by molar-refractivity contribution is -0.0348. The average molecular weight is 425 g/mol. The molecule has 1 saturated heterocycles. The lowest BCUT2D eigenvalue weighted by Crippen LogP contribution is -2.44. The van der Waals surface area contributed by atoms with Crippen molar-refractivity contribution in [2.45, 2.75) is 36.7 Å². The molecule has 30 heavy (non-hydrogen) atoms. The summed E-state index contributed by atoms with van der Waals surface area (Å²) in [6.07, 6.45) is 4.17. The van der Waals surface area contributed by atoms with Crippen molar-refractivity contribution in [3.8, 4) is 0 Å². The molecule has 2 aliphatic rings. The molecule has 1 aliphatic carbocycles. The normalized spacial score (nSPS) is 19.2. The number of benzene rings is 2. The molecule has 0 radical (unpaired) electrons. The third-order valence-corrected chi connectivity index (χ3v) is 6.90. The third kappa shape index (κ3) is 3.30. The zero-order chi connectivity index (χ0) is 19.9. The summed E-state index contributed by atoms with van der Waals surface area (Å²) >= 11 is 0. The molecule has 5 rings (SSSR count). The maximum absolute atomic E-state index is 6.04. The van der Waals surface area contributed by atoms with Gasteiger partial charge in [-0.3, -0.25) is 4.57 Å². The van der Waals surface area contributed by atoms with Gasteiger partial charge < -0.3 is 9.64 Å². The van der Waals surface area contributed by atoms with Crippen molar-refractivity contribution in [2.24, 2.45) is 7.05 Å². The summed E-state index contributed by atoms with van der Waals surface area (Å²) in [6.45, 7) is 1.82. The molecule has 3 aromatic rings. The zero-order valence-corrected chi connectivity index (χ0v) is 18.4. The van der Waals surface area contributed by atoms with Crippen LogP contribution in [0.2, 0.25) is 0 Å². The maximum atomic E-state index is 6.04. The SMILES string of the molecule is COC1(c2ccccc2)CCN(c2nnc(C3(c4ccccc4)CC3)n2C)CC1.Cl. The molecule has 0 atom stereocenters. The zero-order valence-electron chi connectivity index (χ0n) is 17.6. The predicted octanol–water partition coefficient (Wildman–Crippen LogP) is 4.46. The van der Waals surface area contributed by atoms with Gasteiger partial charge in [0.2, 0.25) is 5.95 Å². The summed E-state index contributed by atoms with van der Waals surface area (Å²) in [5.74, 6) is 2.06. The first-order valence-corrected chi connectivity index (χ1v) is 10.5. The van der Waals surface area contributed by atoms with E-state index in [0.29, 0.717) is 0 Å². The number of nitrogens with zero attached hydrogens (tertiary/aromatic N) is 4. The van der Waals surface area contributed by atoms with Gasteiger partial charge in [0.05, 0.1) is 11.0 Å². The van der Waals surface area contributed by atoms with Crippen molar-refractivity contribution in [2.75, 3.05) is 25.1 Å². The molecule has 5 nitrogen and oxygen atoms in total. The van der Waals surface area contributed by atoms with Crippen molar-refractivity contribution in [1.29, 1.82) is 0 Å². The van der Waals surface area contributed by atoms with Crippen LogP contribution in [-0.4, -0.2) is 35.0 Å². The van der Waals surface area contributed by atoms with Crippen LogP contribution in [0.15, 0.2) is 60.7 Å². The van der Waals surface area contributed by atoms with Gasteiger partial charge >= 0.3 is 0 Å². The van der Waals surface area contributed by atoms with E-state index in [2.05, 4.69) is 87.4 Å². The molecule has 6 heteroatoms. The molecule has 0 bridgehead atoms. The van der Waals surface area contributed by atoms with Gasteiger partial charge in [-0.15, -0.1) is 22.6 Å². The number of rotatable bonds is 5. The smallest absolute Gasteiger partial charge is 0.226 e. The Balaban J connectivity index is 0.00000218. The minimum absolute atomic E-state index is 0. The number of hydrogen-bond donors (Lipinski definition) is 0. The van der Waals surface area contributed by atoms with E-state index in [1.54, 1.807) is 0 Å². The van der Waals surface area contributed by atoms with Crippen LogP contribution in [0.25, 0.3) is 0 Å². The lowest BCUT2D eigenvalue weighted by atomic mass is 9.84. The van der Waals surface area contributed by atoms with Crippen molar-refractivity contribution < 1.29 is 4.74 Å². The second-order valence-electron chi connectivity index (χ2n) is 8.38. The number of methoxy groups -OCH3 is 1. The van der Waals surface area contributed by atoms with Crippen LogP contribution in [0.3, 0.4) is 0 Å². The summed E-state index contributed by atoms with van der Waals surface area (Å²) in [5.41, 5.74) is 2.45. The summed E-state index contributed by atoms with van der Waals surface area (Å²) in [5, 5.41) is 9.27. The lowest BCUT2D eigenvalue weighted by Gasteiger charge is -2.41. The molecule has 1 aromatic heterocycles. The quantitative estimate of drug-likeness (QED) is 0.606. The van der Waals surface area contributed by atoms with E-state index < -0.39 is 0 Å². The Kier molecular flexibility index (Phi) is 5.60. The first-order valence-electron chi connectivity index (χ1n) is 10.5. The molecule has 2 aromatic carbocycles. The molecule has 0 N–H and O–H groups in total. The van der Waals surface area contributed by atoms with Gasteiger partial charge in [-0.2, -0.15) is 0 Å². The molecule has 1 aliphatic heterocycles.